The first-order valence-electron chi connectivity index (χ1n) is 7.97. The van der Waals surface area contributed by atoms with Gasteiger partial charge in [0.05, 0.1) is 22.5 Å². The average molecular weight is 316 g/mol. The number of nitrogens with zero attached hydrogens (tertiary/aromatic N) is 4. The number of rotatable bonds is 1. The molecule has 1 atom stereocenters. The largest absolute Gasteiger partial charge is 0.352 e. The summed E-state index contributed by atoms with van der Waals surface area (Å²) in [4.78, 5) is 4.37. The second-order valence-corrected chi connectivity index (χ2v) is 6.43. The van der Waals surface area contributed by atoms with Gasteiger partial charge >= 0.3 is 0 Å². The minimum absolute atomic E-state index is 0.113. The summed E-state index contributed by atoms with van der Waals surface area (Å²) in [6.07, 6.45) is 0.113. The molecule has 0 N–H and O–H groups in total. The smallest absolute Gasteiger partial charge is 0.103 e. The summed E-state index contributed by atoms with van der Waals surface area (Å²) in [6, 6.07) is 12.3. The predicted octanol–water partition coefficient (Wildman–Crippen LogP) is 4.29. The van der Waals surface area contributed by atoms with Crippen LogP contribution >= 0.6 is 0 Å². The molecule has 2 aromatic rings. The van der Waals surface area contributed by atoms with Crippen LogP contribution in [0.5, 0.6) is 0 Å². The van der Waals surface area contributed by atoms with Crippen LogP contribution in [0, 0.1) is 43.4 Å². The second kappa shape index (κ2) is 5.58. The lowest BCUT2D eigenvalue weighted by atomic mass is 10.0. The Morgan fingerprint density at radius 2 is 1.38 bits per heavy atom. The molecule has 0 amide bonds. The van der Waals surface area contributed by atoms with E-state index in [-0.39, 0.29) is 6.17 Å². The fraction of sp³-hybridized carbons (Fsp3) is 0.300. The van der Waals surface area contributed by atoms with Crippen LogP contribution in [0.1, 0.15) is 34.7 Å². The Morgan fingerprint density at radius 1 is 0.875 bits per heavy atom. The predicted molar refractivity (Wildman–Crippen MR) is 96.5 cm³/mol. The van der Waals surface area contributed by atoms with Gasteiger partial charge in [-0.05, 0) is 68.7 Å². The lowest BCUT2D eigenvalue weighted by molar-refractivity contribution is 0.733. The van der Waals surface area contributed by atoms with Crippen LogP contribution in [0.4, 0.5) is 17.1 Å². The van der Waals surface area contributed by atoms with Crippen LogP contribution in [-0.2, 0) is 0 Å². The van der Waals surface area contributed by atoms with Crippen LogP contribution in [0.15, 0.2) is 24.3 Å². The van der Waals surface area contributed by atoms with Crippen molar-refractivity contribution < 1.29 is 0 Å². The number of fused-ring (bicyclic) bond motifs is 1. The van der Waals surface area contributed by atoms with Gasteiger partial charge in [0.25, 0.3) is 0 Å². The van der Waals surface area contributed by atoms with Crippen LogP contribution in [-0.4, -0.2) is 13.2 Å². The molecule has 0 radical (unpaired) electrons. The molecule has 4 nitrogen and oxygen atoms in total. The molecule has 0 aromatic heterocycles. The zero-order valence-corrected chi connectivity index (χ0v) is 14.7. The molecule has 0 unspecified atom stereocenters. The Labute approximate surface area is 143 Å². The summed E-state index contributed by atoms with van der Waals surface area (Å²) in [5.41, 5.74) is 7.72. The van der Waals surface area contributed by atoms with Crippen molar-refractivity contribution in [3.05, 3.63) is 52.1 Å². The minimum Gasteiger partial charge on any atom is -0.352 e. The van der Waals surface area contributed by atoms with Crippen molar-refractivity contribution in [3.8, 4) is 12.1 Å². The van der Waals surface area contributed by atoms with Crippen LogP contribution in [0.2, 0.25) is 0 Å². The third-order valence-electron chi connectivity index (χ3n) is 5.12. The maximum atomic E-state index is 9.36. The molecule has 24 heavy (non-hydrogen) atoms. The fourth-order valence-corrected chi connectivity index (χ4v) is 3.32. The van der Waals surface area contributed by atoms with Gasteiger partial charge in [0, 0.05) is 12.7 Å². The quantitative estimate of drug-likeness (QED) is 0.787. The number of aryl methyl sites for hydroxylation is 2. The molecule has 1 heterocycles. The van der Waals surface area contributed by atoms with E-state index in [0.29, 0.717) is 11.1 Å². The molecule has 1 aliphatic heterocycles. The summed E-state index contributed by atoms with van der Waals surface area (Å²) in [5, 5.41) is 18.6. The summed E-state index contributed by atoms with van der Waals surface area (Å²) in [6.45, 7) is 8.50. The van der Waals surface area contributed by atoms with E-state index in [1.807, 2.05) is 19.2 Å². The molecule has 1 aliphatic rings. The first kappa shape index (κ1) is 15.9. The van der Waals surface area contributed by atoms with E-state index < -0.39 is 0 Å². The van der Waals surface area contributed by atoms with Crippen molar-refractivity contribution in [2.24, 2.45) is 0 Å². The molecule has 4 heteroatoms. The second-order valence-electron chi connectivity index (χ2n) is 6.43. The minimum atomic E-state index is 0.113. The Morgan fingerprint density at radius 3 is 1.88 bits per heavy atom. The van der Waals surface area contributed by atoms with Crippen molar-refractivity contribution in [1.82, 2.24) is 0 Å². The highest BCUT2D eigenvalue weighted by atomic mass is 15.4. The van der Waals surface area contributed by atoms with Gasteiger partial charge in [-0.2, -0.15) is 10.5 Å². The lowest BCUT2D eigenvalue weighted by Gasteiger charge is -2.28. The van der Waals surface area contributed by atoms with E-state index in [9.17, 15) is 10.5 Å². The number of nitriles is 2. The first-order chi connectivity index (χ1) is 11.4. The average Bonchev–Trinajstić information content (AvgIpc) is 2.81. The molecule has 0 saturated heterocycles. The normalized spacial score (nSPS) is 15.9. The molecule has 3 rings (SSSR count). The SMILES string of the molecule is Cc1cc(N2c3cc(C#N)c(C#N)cc3N(C)[C@@H]2C)cc(C)c1C. The summed E-state index contributed by atoms with van der Waals surface area (Å²) in [5.74, 6) is 0. The topological polar surface area (TPSA) is 54.1 Å². The zero-order chi connectivity index (χ0) is 17.6. The van der Waals surface area contributed by atoms with Crippen molar-refractivity contribution in [2.75, 3.05) is 16.8 Å². The Hall–Kier alpha value is -2.98. The summed E-state index contributed by atoms with van der Waals surface area (Å²) >= 11 is 0. The maximum Gasteiger partial charge on any atom is 0.103 e. The highest BCUT2D eigenvalue weighted by molar-refractivity contribution is 5.86. The molecule has 120 valence electrons. The van der Waals surface area contributed by atoms with Gasteiger partial charge in [-0.3, -0.25) is 0 Å². The standard InChI is InChI=1S/C20H20N4/c1-12-6-18(7-13(2)14(12)3)24-15(4)23(5)19-8-16(10-21)17(11-22)9-20(19)24/h6-9,15H,1-5H3/t15-/m0/s1. The highest BCUT2D eigenvalue weighted by Gasteiger charge is 2.33. The van der Waals surface area contributed by atoms with E-state index in [4.69, 9.17) is 0 Å². The van der Waals surface area contributed by atoms with Gasteiger partial charge < -0.3 is 9.80 Å². The third-order valence-corrected chi connectivity index (χ3v) is 5.12. The number of hydrogen-bond donors (Lipinski definition) is 0. The molecule has 0 saturated carbocycles. The van der Waals surface area contributed by atoms with Gasteiger partial charge in [0.1, 0.15) is 18.3 Å². The fourth-order valence-electron chi connectivity index (χ4n) is 3.32. The molecular formula is C20H20N4. The molecule has 0 spiro atoms. The van der Waals surface area contributed by atoms with Crippen molar-refractivity contribution in [3.63, 3.8) is 0 Å². The number of anilines is 3. The molecular weight excluding hydrogens is 296 g/mol. The van der Waals surface area contributed by atoms with Crippen LogP contribution in [0.25, 0.3) is 0 Å². The monoisotopic (exact) mass is 316 g/mol. The van der Waals surface area contributed by atoms with E-state index in [2.05, 4.69) is 61.8 Å². The third kappa shape index (κ3) is 2.20. The van der Waals surface area contributed by atoms with Crippen molar-refractivity contribution >= 4 is 17.1 Å². The Balaban J connectivity index is 2.23. The van der Waals surface area contributed by atoms with Crippen molar-refractivity contribution in [2.45, 2.75) is 33.9 Å². The van der Waals surface area contributed by atoms with E-state index in [1.54, 1.807) is 0 Å². The zero-order valence-electron chi connectivity index (χ0n) is 14.7. The van der Waals surface area contributed by atoms with Gasteiger partial charge in [0.15, 0.2) is 0 Å². The Kier molecular flexibility index (Phi) is 3.70. The summed E-state index contributed by atoms with van der Waals surface area (Å²) in [7, 11) is 2.02. The van der Waals surface area contributed by atoms with Gasteiger partial charge in [-0.1, -0.05) is 0 Å². The molecule has 2 aromatic carbocycles. The van der Waals surface area contributed by atoms with E-state index >= 15 is 0 Å². The van der Waals surface area contributed by atoms with Gasteiger partial charge in [-0.15, -0.1) is 0 Å². The maximum absolute atomic E-state index is 9.36. The van der Waals surface area contributed by atoms with Crippen LogP contribution in [0.3, 0.4) is 0 Å². The molecule has 0 bridgehead atoms. The molecule has 0 fully saturated rings. The number of benzene rings is 2. The van der Waals surface area contributed by atoms with E-state index in [1.165, 1.54) is 16.7 Å². The first-order valence-corrected chi connectivity index (χ1v) is 7.97. The van der Waals surface area contributed by atoms with Crippen molar-refractivity contribution in [1.29, 1.82) is 10.5 Å². The number of hydrogen-bond acceptors (Lipinski definition) is 4. The van der Waals surface area contributed by atoms with Gasteiger partial charge in [0.2, 0.25) is 0 Å². The van der Waals surface area contributed by atoms with Gasteiger partial charge in [-0.25, -0.2) is 0 Å². The van der Waals surface area contributed by atoms with Crippen LogP contribution < -0.4 is 9.80 Å². The highest BCUT2D eigenvalue weighted by Crippen LogP contribution is 2.45. The van der Waals surface area contributed by atoms with E-state index in [0.717, 1.165) is 17.1 Å². The molecule has 0 aliphatic carbocycles. The summed E-state index contributed by atoms with van der Waals surface area (Å²) < 4.78 is 0. The lowest BCUT2D eigenvalue weighted by Crippen LogP contribution is -2.35. The Bertz CT molecular complexity index is 891.